The van der Waals surface area contributed by atoms with E-state index in [1.54, 1.807) is 7.11 Å². The predicted molar refractivity (Wildman–Crippen MR) is 84.4 cm³/mol. The summed E-state index contributed by atoms with van der Waals surface area (Å²) < 4.78 is 5.30. The third-order valence-corrected chi connectivity index (χ3v) is 3.91. The quantitative estimate of drug-likeness (QED) is 0.870. The van der Waals surface area contributed by atoms with E-state index in [2.05, 4.69) is 29.5 Å². The van der Waals surface area contributed by atoms with Gasteiger partial charge in [-0.05, 0) is 36.3 Å². The monoisotopic (exact) mass is 276 g/mol. The molecule has 1 atom stereocenters. The van der Waals surface area contributed by atoms with E-state index >= 15 is 0 Å². The minimum atomic E-state index is 0.444. The Hall–Kier alpha value is -1.42. The lowest BCUT2D eigenvalue weighted by Gasteiger charge is -2.18. The van der Waals surface area contributed by atoms with Crippen LogP contribution in [0.3, 0.4) is 0 Å². The van der Waals surface area contributed by atoms with E-state index in [1.807, 2.05) is 36.2 Å². The summed E-state index contributed by atoms with van der Waals surface area (Å²) in [5.41, 5.74) is 0. The number of pyridine rings is 1. The first-order chi connectivity index (χ1) is 9.28. The van der Waals surface area contributed by atoms with Crippen molar-refractivity contribution in [2.75, 3.05) is 24.4 Å². The molecule has 0 spiro atoms. The van der Waals surface area contributed by atoms with Gasteiger partial charge in [0.1, 0.15) is 11.6 Å². The molecule has 1 heterocycles. The van der Waals surface area contributed by atoms with Crippen molar-refractivity contribution in [3.05, 3.63) is 30.5 Å². The molecule has 0 aliphatic rings. The number of methoxy groups -OCH3 is 1. The van der Waals surface area contributed by atoms with Gasteiger partial charge in [-0.2, -0.15) is 11.8 Å². The molecule has 0 bridgehead atoms. The van der Waals surface area contributed by atoms with Gasteiger partial charge in [0.2, 0.25) is 0 Å². The van der Waals surface area contributed by atoms with Gasteiger partial charge in [0, 0.05) is 23.4 Å². The van der Waals surface area contributed by atoms with E-state index < -0.39 is 0 Å². The number of fused-ring (bicyclic) bond motifs is 1. The number of thioether (sulfide) groups is 1. The van der Waals surface area contributed by atoms with Gasteiger partial charge in [0.15, 0.2) is 0 Å². The molecule has 102 valence electrons. The van der Waals surface area contributed by atoms with Gasteiger partial charge in [-0.3, -0.25) is 0 Å². The Morgan fingerprint density at radius 2 is 2.21 bits per heavy atom. The number of hydrogen-bond acceptors (Lipinski definition) is 4. The number of hydrogen-bond donors (Lipinski definition) is 1. The maximum Gasteiger partial charge on any atom is 0.134 e. The van der Waals surface area contributed by atoms with Crippen molar-refractivity contribution < 1.29 is 4.74 Å². The highest BCUT2D eigenvalue weighted by Crippen LogP contribution is 2.26. The van der Waals surface area contributed by atoms with Gasteiger partial charge in [-0.1, -0.05) is 13.0 Å². The van der Waals surface area contributed by atoms with Crippen LogP contribution in [0.4, 0.5) is 5.82 Å². The second-order valence-corrected chi connectivity index (χ2v) is 5.36. The van der Waals surface area contributed by atoms with Gasteiger partial charge in [0.05, 0.1) is 7.11 Å². The molecule has 2 aromatic rings. The number of ether oxygens (including phenoxy) is 1. The average Bonchev–Trinajstić information content (AvgIpc) is 2.46. The van der Waals surface area contributed by atoms with Crippen LogP contribution in [0, 0.1) is 0 Å². The number of benzene rings is 1. The Bertz CT molecular complexity index is 545. The van der Waals surface area contributed by atoms with Crippen LogP contribution in [0.5, 0.6) is 5.75 Å². The standard InChI is InChI=1S/C15H20N2OS/c1-4-12(10-19-3)17-15-14-9-13(18-2)6-5-11(14)7-8-16-15/h5-9,12H,4,10H2,1-3H3,(H,16,17). The van der Waals surface area contributed by atoms with E-state index in [9.17, 15) is 0 Å². The molecule has 0 radical (unpaired) electrons. The third kappa shape index (κ3) is 3.32. The Labute approximate surface area is 118 Å². The Balaban J connectivity index is 2.35. The molecule has 19 heavy (non-hydrogen) atoms. The molecule has 1 aromatic carbocycles. The van der Waals surface area contributed by atoms with Gasteiger partial charge in [-0.15, -0.1) is 0 Å². The Morgan fingerprint density at radius 1 is 1.37 bits per heavy atom. The molecule has 1 unspecified atom stereocenters. The summed E-state index contributed by atoms with van der Waals surface area (Å²) in [7, 11) is 1.69. The second-order valence-electron chi connectivity index (χ2n) is 4.45. The zero-order chi connectivity index (χ0) is 13.7. The summed E-state index contributed by atoms with van der Waals surface area (Å²) in [5, 5.41) is 5.83. The third-order valence-electron chi connectivity index (χ3n) is 3.17. The topological polar surface area (TPSA) is 34.2 Å². The zero-order valence-electron chi connectivity index (χ0n) is 11.6. The van der Waals surface area contributed by atoms with Crippen LogP contribution in [-0.4, -0.2) is 30.1 Å². The summed E-state index contributed by atoms with van der Waals surface area (Å²) in [6.07, 6.45) is 5.07. The van der Waals surface area contributed by atoms with E-state index in [-0.39, 0.29) is 0 Å². The number of nitrogens with zero attached hydrogens (tertiary/aromatic N) is 1. The van der Waals surface area contributed by atoms with Gasteiger partial charge < -0.3 is 10.1 Å². The molecule has 0 aliphatic carbocycles. The highest BCUT2D eigenvalue weighted by atomic mass is 32.2. The molecule has 0 aliphatic heterocycles. The van der Waals surface area contributed by atoms with E-state index in [0.29, 0.717) is 6.04 Å². The minimum absolute atomic E-state index is 0.444. The summed E-state index contributed by atoms with van der Waals surface area (Å²) >= 11 is 1.85. The molecule has 0 amide bonds. The Kier molecular flexibility index (Phi) is 4.91. The van der Waals surface area contributed by atoms with Gasteiger partial charge >= 0.3 is 0 Å². The van der Waals surface area contributed by atoms with Crippen molar-refractivity contribution in [1.29, 1.82) is 0 Å². The fourth-order valence-corrected chi connectivity index (χ4v) is 2.77. The van der Waals surface area contributed by atoms with Crippen LogP contribution in [0.1, 0.15) is 13.3 Å². The molecule has 2 rings (SSSR count). The largest absolute Gasteiger partial charge is 0.497 e. The molecule has 0 fully saturated rings. The molecule has 0 saturated carbocycles. The molecule has 4 heteroatoms. The van der Waals surface area contributed by atoms with E-state index in [1.165, 1.54) is 5.39 Å². The fourth-order valence-electron chi connectivity index (χ4n) is 2.05. The molecule has 0 saturated heterocycles. The van der Waals surface area contributed by atoms with Crippen LogP contribution in [-0.2, 0) is 0 Å². The van der Waals surface area contributed by atoms with E-state index in [0.717, 1.165) is 29.1 Å². The van der Waals surface area contributed by atoms with Crippen LogP contribution in [0.25, 0.3) is 10.8 Å². The normalized spacial score (nSPS) is 12.4. The van der Waals surface area contributed by atoms with Crippen molar-refractivity contribution in [1.82, 2.24) is 4.98 Å². The lowest BCUT2D eigenvalue weighted by Crippen LogP contribution is -2.21. The van der Waals surface area contributed by atoms with Gasteiger partial charge in [0.25, 0.3) is 0 Å². The number of nitrogens with one attached hydrogen (secondary N) is 1. The average molecular weight is 276 g/mol. The molecule has 1 aromatic heterocycles. The van der Waals surface area contributed by atoms with E-state index in [4.69, 9.17) is 4.74 Å². The first kappa shape index (κ1) is 14.0. The summed E-state index contributed by atoms with van der Waals surface area (Å²) in [4.78, 5) is 4.48. The number of aromatic nitrogens is 1. The first-order valence-corrected chi connectivity index (χ1v) is 7.86. The van der Waals surface area contributed by atoms with Crippen molar-refractivity contribution >= 4 is 28.4 Å². The molecular formula is C15H20N2OS. The number of rotatable bonds is 6. The minimum Gasteiger partial charge on any atom is -0.497 e. The fraction of sp³-hybridized carbons (Fsp3) is 0.400. The number of anilines is 1. The molecule has 1 N–H and O–H groups in total. The van der Waals surface area contributed by atoms with Crippen molar-refractivity contribution in [3.63, 3.8) is 0 Å². The van der Waals surface area contributed by atoms with Gasteiger partial charge in [-0.25, -0.2) is 4.98 Å². The maximum absolute atomic E-state index is 5.30. The first-order valence-electron chi connectivity index (χ1n) is 6.46. The van der Waals surface area contributed by atoms with Crippen LogP contribution in [0.15, 0.2) is 30.5 Å². The van der Waals surface area contributed by atoms with Crippen LogP contribution in [0.2, 0.25) is 0 Å². The zero-order valence-corrected chi connectivity index (χ0v) is 12.5. The second kappa shape index (κ2) is 6.66. The molecule has 3 nitrogen and oxygen atoms in total. The SMILES string of the molecule is CCC(CSC)Nc1nccc2ccc(OC)cc12. The Morgan fingerprint density at radius 3 is 2.89 bits per heavy atom. The van der Waals surface area contributed by atoms with Crippen molar-refractivity contribution in [2.24, 2.45) is 0 Å². The highest BCUT2D eigenvalue weighted by Gasteiger charge is 2.09. The molecular weight excluding hydrogens is 256 g/mol. The smallest absolute Gasteiger partial charge is 0.134 e. The summed E-state index contributed by atoms with van der Waals surface area (Å²) in [6.45, 7) is 2.19. The lowest BCUT2D eigenvalue weighted by molar-refractivity contribution is 0.415. The maximum atomic E-state index is 5.30. The van der Waals surface area contributed by atoms with Crippen molar-refractivity contribution in [2.45, 2.75) is 19.4 Å². The van der Waals surface area contributed by atoms with Crippen LogP contribution >= 0.6 is 11.8 Å². The lowest BCUT2D eigenvalue weighted by atomic mass is 10.1. The highest BCUT2D eigenvalue weighted by molar-refractivity contribution is 7.98. The van der Waals surface area contributed by atoms with Crippen LogP contribution < -0.4 is 10.1 Å². The van der Waals surface area contributed by atoms with Crippen molar-refractivity contribution in [3.8, 4) is 5.75 Å². The summed E-state index contributed by atoms with van der Waals surface area (Å²) in [6, 6.07) is 8.55. The predicted octanol–water partition coefficient (Wildman–Crippen LogP) is 3.80. The summed E-state index contributed by atoms with van der Waals surface area (Å²) in [5.74, 6) is 2.89.